The van der Waals surface area contributed by atoms with Gasteiger partial charge in [0.25, 0.3) is 5.91 Å². The number of ether oxygens (including phenoxy) is 2. The molecule has 2 amide bonds. The monoisotopic (exact) mass is 387 g/mol. The van der Waals surface area contributed by atoms with E-state index in [1.165, 1.54) is 17.3 Å². The molecule has 0 saturated carbocycles. The highest BCUT2D eigenvalue weighted by atomic mass is 16.5. The predicted molar refractivity (Wildman–Crippen MR) is 103 cm³/mol. The van der Waals surface area contributed by atoms with Crippen molar-refractivity contribution in [2.24, 2.45) is 0 Å². The van der Waals surface area contributed by atoms with Gasteiger partial charge in [-0.15, -0.1) is 0 Å². The first kappa shape index (κ1) is 20.0. The number of benzene rings is 1. The van der Waals surface area contributed by atoms with Crippen LogP contribution in [-0.2, 0) is 19.1 Å². The van der Waals surface area contributed by atoms with Gasteiger partial charge in [0.15, 0.2) is 0 Å². The van der Waals surface area contributed by atoms with Crippen LogP contribution in [0.3, 0.4) is 0 Å². The third kappa shape index (κ3) is 5.37. The molecule has 2 aromatic rings. The van der Waals surface area contributed by atoms with Crippen LogP contribution in [0.15, 0.2) is 36.9 Å². The van der Waals surface area contributed by atoms with Crippen molar-refractivity contribution >= 4 is 23.2 Å². The highest BCUT2D eigenvalue weighted by molar-refractivity contribution is 5.95. The Bertz CT molecular complexity index is 772. The second kappa shape index (κ2) is 9.43. The second-order valence-electron chi connectivity index (χ2n) is 6.72. The van der Waals surface area contributed by atoms with Gasteiger partial charge in [-0.05, 0) is 51.0 Å². The molecule has 9 nitrogen and oxygen atoms in total. The number of hydrogen-bond acceptors (Lipinski definition) is 6. The van der Waals surface area contributed by atoms with E-state index >= 15 is 0 Å². The largest absolute Gasteiger partial charge is 0.376 e. The lowest BCUT2D eigenvalue weighted by Gasteiger charge is -2.16. The summed E-state index contributed by atoms with van der Waals surface area (Å²) in [6.07, 6.45) is 4.38. The molecule has 28 heavy (non-hydrogen) atoms. The molecule has 0 bridgehead atoms. The quantitative estimate of drug-likeness (QED) is 0.717. The number of carbonyl (C=O) groups is 2. The Hall–Kier alpha value is -2.78. The Morgan fingerprint density at radius 3 is 2.46 bits per heavy atom. The molecular weight excluding hydrogens is 362 g/mol. The standard InChI is InChI=1S/C19H25N5O4/c1-13(24-12-20-11-21-24)18(25)22-15-5-7-16(8-6-15)23-19(26)14(2)28-10-17-4-3-9-27-17/h5-8,11-14,17H,3-4,9-10H2,1-2H3,(H,22,25)(H,23,26). The van der Waals surface area contributed by atoms with E-state index in [2.05, 4.69) is 20.7 Å². The Morgan fingerprint density at radius 2 is 1.89 bits per heavy atom. The molecule has 150 valence electrons. The van der Waals surface area contributed by atoms with E-state index in [1.807, 2.05) is 0 Å². The summed E-state index contributed by atoms with van der Waals surface area (Å²) in [7, 11) is 0. The maximum Gasteiger partial charge on any atom is 0.253 e. The van der Waals surface area contributed by atoms with Gasteiger partial charge in [0.2, 0.25) is 5.91 Å². The van der Waals surface area contributed by atoms with Gasteiger partial charge in [-0.1, -0.05) is 0 Å². The van der Waals surface area contributed by atoms with Crippen molar-refractivity contribution in [3.63, 3.8) is 0 Å². The lowest BCUT2D eigenvalue weighted by molar-refractivity contribution is -0.128. The highest BCUT2D eigenvalue weighted by Gasteiger charge is 2.20. The topological polar surface area (TPSA) is 107 Å². The Labute approximate surface area is 163 Å². The van der Waals surface area contributed by atoms with Crippen molar-refractivity contribution < 1.29 is 19.1 Å². The molecule has 1 aliphatic heterocycles. The summed E-state index contributed by atoms with van der Waals surface area (Å²) in [4.78, 5) is 28.3. The number of amides is 2. The molecule has 1 saturated heterocycles. The lowest BCUT2D eigenvalue weighted by Crippen LogP contribution is -2.30. The highest BCUT2D eigenvalue weighted by Crippen LogP contribution is 2.17. The third-order valence-electron chi connectivity index (χ3n) is 4.56. The predicted octanol–water partition coefficient (Wildman–Crippen LogP) is 2.00. The summed E-state index contributed by atoms with van der Waals surface area (Å²) in [5, 5.41) is 9.57. The zero-order chi connectivity index (χ0) is 19.9. The van der Waals surface area contributed by atoms with Crippen LogP contribution in [0.5, 0.6) is 0 Å². The molecule has 0 aliphatic carbocycles. The van der Waals surface area contributed by atoms with Crippen LogP contribution in [-0.4, -0.2) is 52.0 Å². The average Bonchev–Trinajstić information content (AvgIpc) is 3.41. The maximum atomic E-state index is 12.2. The summed E-state index contributed by atoms with van der Waals surface area (Å²) in [5.74, 6) is -0.437. The fraction of sp³-hybridized carbons (Fsp3) is 0.474. The minimum absolute atomic E-state index is 0.0815. The van der Waals surface area contributed by atoms with Gasteiger partial charge < -0.3 is 20.1 Å². The van der Waals surface area contributed by atoms with Crippen LogP contribution in [0.1, 0.15) is 32.7 Å². The summed E-state index contributed by atoms with van der Waals surface area (Å²) in [6.45, 7) is 4.62. The normalized spacial score (nSPS) is 18.4. The van der Waals surface area contributed by atoms with Crippen molar-refractivity contribution in [1.82, 2.24) is 14.8 Å². The summed E-state index contributed by atoms with van der Waals surface area (Å²) in [6, 6.07) is 6.41. The molecule has 0 radical (unpaired) electrons. The van der Waals surface area contributed by atoms with Gasteiger partial charge >= 0.3 is 0 Å². The summed E-state index contributed by atoms with van der Waals surface area (Å²) >= 11 is 0. The SMILES string of the molecule is CC(OCC1CCCO1)C(=O)Nc1ccc(NC(=O)C(C)n2cncn2)cc1. The number of carbonyl (C=O) groups excluding carboxylic acids is 2. The van der Waals surface area contributed by atoms with E-state index in [1.54, 1.807) is 38.1 Å². The van der Waals surface area contributed by atoms with Crippen LogP contribution in [0, 0.1) is 0 Å². The van der Waals surface area contributed by atoms with Crippen LogP contribution in [0.25, 0.3) is 0 Å². The van der Waals surface area contributed by atoms with Gasteiger partial charge in [-0.3, -0.25) is 9.59 Å². The molecule has 1 aromatic carbocycles. The first-order valence-electron chi connectivity index (χ1n) is 9.32. The third-order valence-corrected chi connectivity index (χ3v) is 4.56. The molecule has 2 heterocycles. The molecule has 3 rings (SSSR count). The fourth-order valence-corrected chi connectivity index (χ4v) is 2.77. The Balaban J connectivity index is 1.46. The van der Waals surface area contributed by atoms with Crippen molar-refractivity contribution in [3.05, 3.63) is 36.9 Å². The van der Waals surface area contributed by atoms with E-state index in [9.17, 15) is 9.59 Å². The van der Waals surface area contributed by atoms with Crippen LogP contribution in [0.2, 0.25) is 0 Å². The van der Waals surface area contributed by atoms with E-state index in [-0.39, 0.29) is 17.9 Å². The number of rotatable bonds is 8. The van der Waals surface area contributed by atoms with Crippen LogP contribution in [0.4, 0.5) is 11.4 Å². The van der Waals surface area contributed by atoms with Gasteiger partial charge in [0.05, 0.1) is 12.7 Å². The second-order valence-corrected chi connectivity index (χ2v) is 6.72. The van der Waals surface area contributed by atoms with E-state index in [4.69, 9.17) is 9.47 Å². The molecule has 9 heteroatoms. The van der Waals surface area contributed by atoms with Crippen molar-refractivity contribution in [2.45, 2.75) is 44.9 Å². The van der Waals surface area contributed by atoms with Crippen LogP contribution >= 0.6 is 0 Å². The van der Waals surface area contributed by atoms with Crippen molar-refractivity contribution in [1.29, 1.82) is 0 Å². The molecule has 1 fully saturated rings. The maximum absolute atomic E-state index is 12.2. The van der Waals surface area contributed by atoms with Gasteiger partial charge in [-0.2, -0.15) is 5.10 Å². The van der Waals surface area contributed by atoms with E-state index < -0.39 is 12.1 Å². The minimum atomic E-state index is -0.577. The van der Waals surface area contributed by atoms with Gasteiger partial charge in [-0.25, -0.2) is 9.67 Å². The molecule has 0 spiro atoms. The van der Waals surface area contributed by atoms with Gasteiger partial charge in [0, 0.05) is 18.0 Å². The summed E-state index contributed by atoms with van der Waals surface area (Å²) in [5.41, 5.74) is 1.25. The average molecular weight is 387 g/mol. The molecule has 3 unspecified atom stereocenters. The van der Waals surface area contributed by atoms with Gasteiger partial charge in [0.1, 0.15) is 24.8 Å². The van der Waals surface area contributed by atoms with E-state index in [0.717, 1.165) is 19.4 Å². The number of anilines is 2. The number of hydrogen-bond donors (Lipinski definition) is 2. The zero-order valence-electron chi connectivity index (χ0n) is 16.0. The lowest BCUT2D eigenvalue weighted by atomic mass is 10.2. The minimum Gasteiger partial charge on any atom is -0.376 e. The van der Waals surface area contributed by atoms with Crippen molar-refractivity contribution in [3.8, 4) is 0 Å². The van der Waals surface area contributed by atoms with Crippen molar-refractivity contribution in [2.75, 3.05) is 23.8 Å². The smallest absolute Gasteiger partial charge is 0.253 e. The van der Waals surface area contributed by atoms with Crippen LogP contribution < -0.4 is 10.6 Å². The molecule has 3 atom stereocenters. The number of nitrogens with zero attached hydrogens (tertiary/aromatic N) is 3. The first-order chi connectivity index (χ1) is 13.5. The first-order valence-corrected chi connectivity index (χ1v) is 9.32. The fourth-order valence-electron chi connectivity index (χ4n) is 2.77. The van der Waals surface area contributed by atoms with E-state index in [0.29, 0.717) is 18.0 Å². The Kier molecular flexibility index (Phi) is 6.72. The molecular formula is C19H25N5O4. The molecule has 1 aromatic heterocycles. The molecule has 1 aliphatic rings. The summed E-state index contributed by atoms with van der Waals surface area (Å²) < 4.78 is 12.6. The zero-order valence-corrected chi connectivity index (χ0v) is 16.0. The number of aromatic nitrogens is 3. The molecule has 2 N–H and O–H groups in total. The Morgan fingerprint density at radius 1 is 1.21 bits per heavy atom. The number of nitrogens with one attached hydrogen (secondary N) is 2.